The van der Waals surface area contributed by atoms with Crippen molar-refractivity contribution in [1.82, 2.24) is 10.2 Å². The molecule has 1 aromatic carbocycles. The van der Waals surface area contributed by atoms with E-state index >= 15 is 0 Å². The highest BCUT2D eigenvalue weighted by Gasteiger charge is 2.20. The maximum absolute atomic E-state index is 12.2. The first-order valence-corrected chi connectivity index (χ1v) is 7.17. The monoisotopic (exact) mass is 313 g/mol. The summed E-state index contributed by atoms with van der Waals surface area (Å²) >= 11 is 0. The molecule has 1 saturated heterocycles. The van der Waals surface area contributed by atoms with Crippen LogP contribution in [0.1, 0.15) is 13.8 Å². The Bertz CT molecular complexity index is 456. The zero-order valence-corrected chi connectivity index (χ0v) is 13.4. The standard InChI is InChI=1S/C15H23N3O2.ClH/c1-3-20-14-7-5-4-6-13(14)17-15(19)11-18-9-8-16-10-12(18)2;/h4-7,12,16H,3,8-11H2,1-2H3,(H,17,19);1H/t12-;/m1./s1. The van der Waals surface area contributed by atoms with E-state index < -0.39 is 0 Å². The number of carbonyl (C=O) groups excluding carboxylic acids is 1. The molecule has 1 atom stereocenters. The number of piperazine rings is 1. The summed E-state index contributed by atoms with van der Waals surface area (Å²) in [6.07, 6.45) is 0. The van der Waals surface area contributed by atoms with Crippen LogP contribution in [0.5, 0.6) is 5.75 Å². The highest BCUT2D eigenvalue weighted by molar-refractivity contribution is 5.93. The fraction of sp³-hybridized carbons (Fsp3) is 0.533. The minimum absolute atomic E-state index is 0. The molecule has 118 valence electrons. The van der Waals surface area contributed by atoms with Crippen molar-refractivity contribution >= 4 is 24.0 Å². The molecule has 2 N–H and O–H groups in total. The van der Waals surface area contributed by atoms with Crippen molar-refractivity contribution in [3.8, 4) is 5.75 Å². The molecule has 0 aromatic heterocycles. The summed E-state index contributed by atoms with van der Waals surface area (Å²) in [5, 5.41) is 6.26. The molecule has 1 heterocycles. The van der Waals surface area contributed by atoms with Gasteiger partial charge in [0.1, 0.15) is 5.75 Å². The van der Waals surface area contributed by atoms with Crippen LogP contribution in [-0.4, -0.2) is 49.6 Å². The van der Waals surface area contributed by atoms with Crippen molar-refractivity contribution in [3.63, 3.8) is 0 Å². The SMILES string of the molecule is CCOc1ccccc1NC(=O)CN1CCNC[C@H]1C.Cl. The topological polar surface area (TPSA) is 53.6 Å². The molecule has 1 fully saturated rings. The number of carbonyl (C=O) groups is 1. The number of nitrogens with one attached hydrogen (secondary N) is 2. The van der Waals surface area contributed by atoms with Crippen LogP contribution in [0, 0.1) is 0 Å². The van der Waals surface area contributed by atoms with Gasteiger partial charge in [0.25, 0.3) is 0 Å². The molecule has 1 aromatic rings. The second-order valence-electron chi connectivity index (χ2n) is 5.00. The number of nitrogens with zero attached hydrogens (tertiary/aromatic N) is 1. The Kier molecular flexibility index (Phi) is 7.50. The Balaban J connectivity index is 0.00000220. The van der Waals surface area contributed by atoms with Crippen LogP contribution in [0.2, 0.25) is 0 Å². The number of amides is 1. The largest absolute Gasteiger partial charge is 0.492 e. The lowest BCUT2D eigenvalue weighted by molar-refractivity contribution is -0.118. The highest BCUT2D eigenvalue weighted by Crippen LogP contribution is 2.23. The Labute approximate surface area is 132 Å². The lowest BCUT2D eigenvalue weighted by Gasteiger charge is -2.33. The van der Waals surface area contributed by atoms with Crippen molar-refractivity contribution in [3.05, 3.63) is 24.3 Å². The number of ether oxygens (including phenoxy) is 1. The van der Waals surface area contributed by atoms with Gasteiger partial charge in [-0.3, -0.25) is 9.69 Å². The Morgan fingerprint density at radius 1 is 1.48 bits per heavy atom. The predicted octanol–water partition coefficient (Wildman–Crippen LogP) is 1.74. The van der Waals surface area contributed by atoms with Gasteiger partial charge in [-0.25, -0.2) is 0 Å². The van der Waals surface area contributed by atoms with Crippen molar-refractivity contribution in [1.29, 1.82) is 0 Å². The summed E-state index contributed by atoms with van der Waals surface area (Å²) < 4.78 is 5.51. The molecule has 1 aliphatic heterocycles. The van der Waals surface area contributed by atoms with Crippen LogP contribution in [0.3, 0.4) is 0 Å². The summed E-state index contributed by atoms with van der Waals surface area (Å²) in [6.45, 7) is 7.84. The summed E-state index contributed by atoms with van der Waals surface area (Å²) in [5.74, 6) is 0.725. The Morgan fingerprint density at radius 3 is 2.95 bits per heavy atom. The molecule has 0 aliphatic carbocycles. The van der Waals surface area contributed by atoms with Gasteiger partial charge >= 0.3 is 0 Å². The summed E-state index contributed by atoms with van der Waals surface area (Å²) in [6, 6.07) is 7.91. The van der Waals surface area contributed by atoms with E-state index in [4.69, 9.17) is 4.74 Å². The first kappa shape index (κ1) is 17.8. The molecule has 21 heavy (non-hydrogen) atoms. The fourth-order valence-electron chi connectivity index (χ4n) is 2.34. The molecule has 0 unspecified atom stereocenters. The molecule has 1 aliphatic rings. The number of rotatable bonds is 5. The molecule has 0 radical (unpaired) electrons. The van der Waals surface area contributed by atoms with E-state index in [1.807, 2.05) is 31.2 Å². The van der Waals surface area contributed by atoms with Crippen LogP contribution >= 0.6 is 12.4 Å². The van der Waals surface area contributed by atoms with Gasteiger partial charge in [0.05, 0.1) is 18.8 Å². The maximum atomic E-state index is 12.2. The van der Waals surface area contributed by atoms with Crippen LogP contribution in [0.25, 0.3) is 0 Å². The molecular weight excluding hydrogens is 290 g/mol. The number of halogens is 1. The second kappa shape index (κ2) is 8.87. The van der Waals surface area contributed by atoms with Crippen LogP contribution < -0.4 is 15.4 Å². The lowest BCUT2D eigenvalue weighted by atomic mass is 10.2. The van der Waals surface area contributed by atoms with Crippen LogP contribution in [0.15, 0.2) is 24.3 Å². The minimum atomic E-state index is 0. The lowest BCUT2D eigenvalue weighted by Crippen LogP contribution is -2.51. The summed E-state index contributed by atoms with van der Waals surface area (Å²) in [4.78, 5) is 14.3. The highest BCUT2D eigenvalue weighted by atomic mass is 35.5. The molecule has 0 bridgehead atoms. The van der Waals surface area contributed by atoms with Gasteiger partial charge in [-0.1, -0.05) is 12.1 Å². The molecule has 5 nitrogen and oxygen atoms in total. The number of hydrogen-bond acceptors (Lipinski definition) is 4. The van der Waals surface area contributed by atoms with Crippen LogP contribution in [0.4, 0.5) is 5.69 Å². The molecule has 2 rings (SSSR count). The summed E-state index contributed by atoms with van der Waals surface area (Å²) in [7, 11) is 0. The average molecular weight is 314 g/mol. The van der Waals surface area contributed by atoms with Crippen molar-refractivity contribution < 1.29 is 9.53 Å². The normalized spacial score (nSPS) is 18.7. The van der Waals surface area contributed by atoms with E-state index in [1.165, 1.54) is 0 Å². The predicted molar refractivity (Wildman–Crippen MR) is 87.4 cm³/mol. The molecule has 0 saturated carbocycles. The molecular formula is C15H24ClN3O2. The zero-order chi connectivity index (χ0) is 14.4. The van der Waals surface area contributed by atoms with E-state index in [9.17, 15) is 4.79 Å². The van der Waals surface area contributed by atoms with Crippen molar-refractivity contribution in [2.75, 3.05) is 38.1 Å². The first-order chi connectivity index (χ1) is 9.70. The third kappa shape index (κ3) is 5.19. The quantitative estimate of drug-likeness (QED) is 0.869. The van der Waals surface area contributed by atoms with Gasteiger partial charge < -0.3 is 15.4 Å². The first-order valence-electron chi connectivity index (χ1n) is 7.17. The number of anilines is 1. The van der Waals surface area contributed by atoms with Gasteiger partial charge in [0, 0.05) is 25.7 Å². The molecule has 0 spiro atoms. The van der Waals surface area contributed by atoms with E-state index in [0.29, 0.717) is 19.2 Å². The van der Waals surface area contributed by atoms with Gasteiger partial charge in [0.2, 0.25) is 5.91 Å². The van der Waals surface area contributed by atoms with Gasteiger partial charge in [0.15, 0.2) is 0 Å². The third-order valence-corrected chi connectivity index (χ3v) is 3.45. The molecule has 1 amide bonds. The third-order valence-electron chi connectivity index (χ3n) is 3.45. The zero-order valence-electron chi connectivity index (χ0n) is 12.6. The Hall–Kier alpha value is -1.30. The van der Waals surface area contributed by atoms with Crippen molar-refractivity contribution in [2.45, 2.75) is 19.9 Å². The van der Waals surface area contributed by atoms with E-state index in [1.54, 1.807) is 0 Å². The molecule has 6 heteroatoms. The van der Waals surface area contributed by atoms with E-state index in [-0.39, 0.29) is 18.3 Å². The number of hydrogen-bond donors (Lipinski definition) is 2. The van der Waals surface area contributed by atoms with E-state index in [0.717, 1.165) is 31.1 Å². The van der Waals surface area contributed by atoms with E-state index in [2.05, 4.69) is 22.5 Å². The smallest absolute Gasteiger partial charge is 0.238 e. The second-order valence-corrected chi connectivity index (χ2v) is 5.00. The average Bonchev–Trinajstić information content (AvgIpc) is 2.44. The fourth-order valence-corrected chi connectivity index (χ4v) is 2.34. The van der Waals surface area contributed by atoms with Crippen molar-refractivity contribution in [2.24, 2.45) is 0 Å². The maximum Gasteiger partial charge on any atom is 0.238 e. The minimum Gasteiger partial charge on any atom is -0.492 e. The van der Waals surface area contributed by atoms with Gasteiger partial charge in [-0.05, 0) is 26.0 Å². The Morgan fingerprint density at radius 2 is 2.24 bits per heavy atom. The van der Waals surface area contributed by atoms with Gasteiger partial charge in [-0.2, -0.15) is 0 Å². The number of para-hydroxylation sites is 2. The van der Waals surface area contributed by atoms with Gasteiger partial charge in [-0.15, -0.1) is 12.4 Å². The van der Waals surface area contributed by atoms with Crippen LogP contribution in [-0.2, 0) is 4.79 Å². The summed E-state index contributed by atoms with van der Waals surface area (Å²) in [5.41, 5.74) is 0.738. The number of benzene rings is 1.